The van der Waals surface area contributed by atoms with Crippen LogP contribution in [0.5, 0.6) is 0 Å². The van der Waals surface area contributed by atoms with Crippen molar-refractivity contribution in [1.29, 1.82) is 0 Å². The average molecular weight is 197 g/mol. The van der Waals surface area contributed by atoms with Crippen LogP contribution in [0.15, 0.2) is 16.8 Å². The predicted octanol–water partition coefficient (Wildman–Crippen LogP) is 2.92. The summed E-state index contributed by atoms with van der Waals surface area (Å²) < 4.78 is 0. The van der Waals surface area contributed by atoms with E-state index < -0.39 is 0 Å². The first-order valence-electron chi connectivity index (χ1n) is 4.72. The van der Waals surface area contributed by atoms with Gasteiger partial charge in [0.2, 0.25) is 0 Å². The lowest BCUT2D eigenvalue weighted by atomic mass is 9.83. The Morgan fingerprint density at radius 2 is 2.15 bits per heavy atom. The van der Waals surface area contributed by atoms with Gasteiger partial charge in [0.25, 0.3) is 0 Å². The van der Waals surface area contributed by atoms with E-state index in [4.69, 9.17) is 0 Å². The summed E-state index contributed by atoms with van der Waals surface area (Å²) in [7, 11) is 2.04. The number of hydrogen-bond acceptors (Lipinski definition) is 2. The fourth-order valence-corrected chi connectivity index (χ4v) is 2.17. The molecule has 1 heterocycles. The zero-order valence-electron chi connectivity index (χ0n) is 8.92. The summed E-state index contributed by atoms with van der Waals surface area (Å²) in [6.45, 7) is 6.83. The van der Waals surface area contributed by atoms with E-state index in [1.807, 2.05) is 7.05 Å². The lowest BCUT2D eigenvalue weighted by molar-refractivity contribution is 0.280. The fraction of sp³-hybridized carbons (Fsp3) is 0.636. The molecule has 0 amide bonds. The molecule has 2 heteroatoms. The molecule has 1 N–H and O–H groups in total. The quantitative estimate of drug-likeness (QED) is 0.785. The maximum Gasteiger partial charge on any atom is 0.0153 e. The molecule has 74 valence electrons. The Labute approximate surface area is 85.2 Å². The standard InChI is InChI=1S/C11H19NS/c1-11(2,3)10(12-4)7-9-5-6-13-8-9/h5-6,8,10,12H,7H2,1-4H3. The molecule has 0 aliphatic heterocycles. The molecule has 1 atom stereocenters. The molecule has 0 aliphatic rings. The Kier molecular flexibility index (Phi) is 3.51. The SMILES string of the molecule is CNC(Cc1ccsc1)C(C)(C)C. The molecule has 1 aromatic heterocycles. The van der Waals surface area contributed by atoms with Crippen molar-refractivity contribution in [2.75, 3.05) is 7.05 Å². The zero-order chi connectivity index (χ0) is 9.90. The Hall–Kier alpha value is -0.340. The van der Waals surface area contributed by atoms with Crippen LogP contribution < -0.4 is 5.32 Å². The first kappa shape index (κ1) is 10.7. The minimum atomic E-state index is 0.330. The second-order valence-electron chi connectivity index (χ2n) is 4.54. The van der Waals surface area contributed by atoms with Gasteiger partial charge in [-0.3, -0.25) is 0 Å². The minimum absolute atomic E-state index is 0.330. The van der Waals surface area contributed by atoms with Gasteiger partial charge in [0.1, 0.15) is 0 Å². The highest BCUT2D eigenvalue weighted by Gasteiger charge is 2.22. The molecule has 0 fully saturated rings. The van der Waals surface area contributed by atoms with Crippen LogP contribution in [0, 0.1) is 5.41 Å². The fourth-order valence-electron chi connectivity index (χ4n) is 1.49. The molecule has 1 nitrogen and oxygen atoms in total. The molecule has 0 radical (unpaired) electrons. The number of nitrogens with one attached hydrogen (secondary N) is 1. The third kappa shape index (κ3) is 3.12. The Morgan fingerprint density at radius 3 is 2.54 bits per heavy atom. The molecular weight excluding hydrogens is 178 g/mol. The summed E-state index contributed by atoms with van der Waals surface area (Å²) in [6.07, 6.45) is 1.13. The summed E-state index contributed by atoms with van der Waals surface area (Å²) in [4.78, 5) is 0. The summed E-state index contributed by atoms with van der Waals surface area (Å²) in [6, 6.07) is 2.77. The number of likely N-dealkylation sites (N-methyl/N-ethyl adjacent to an activating group) is 1. The van der Waals surface area contributed by atoms with Crippen LogP contribution in [0.1, 0.15) is 26.3 Å². The Bertz CT molecular complexity index is 233. The van der Waals surface area contributed by atoms with Crippen molar-refractivity contribution < 1.29 is 0 Å². The van der Waals surface area contributed by atoms with Crippen LogP contribution in [0.2, 0.25) is 0 Å². The average Bonchev–Trinajstić information content (AvgIpc) is 2.49. The van der Waals surface area contributed by atoms with Gasteiger partial charge in [-0.25, -0.2) is 0 Å². The molecule has 0 saturated carbocycles. The Morgan fingerprint density at radius 1 is 1.46 bits per heavy atom. The van der Waals surface area contributed by atoms with Gasteiger partial charge in [-0.05, 0) is 41.3 Å². The maximum absolute atomic E-state index is 3.38. The van der Waals surface area contributed by atoms with E-state index in [-0.39, 0.29) is 0 Å². The van der Waals surface area contributed by atoms with E-state index >= 15 is 0 Å². The normalized spacial score (nSPS) is 14.5. The first-order valence-corrected chi connectivity index (χ1v) is 5.66. The molecule has 0 bridgehead atoms. The highest BCUT2D eigenvalue weighted by Crippen LogP contribution is 2.22. The van der Waals surface area contributed by atoms with E-state index in [1.54, 1.807) is 11.3 Å². The zero-order valence-corrected chi connectivity index (χ0v) is 9.74. The molecule has 13 heavy (non-hydrogen) atoms. The van der Waals surface area contributed by atoms with Gasteiger partial charge in [0.15, 0.2) is 0 Å². The van der Waals surface area contributed by atoms with E-state index in [9.17, 15) is 0 Å². The lowest BCUT2D eigenvalue weighted by Crippen LogP contribution is -2.39. The molecular formula is C11H19NS. The summed E-state index contributed by atoms with van der Waals surface area (Å²) >= 11 is 1.77. The summed E-state index contributed by atoms with van der Waals surface area (Å²) in [5.41, 5.74) is 1.77. The highest BCUT2D eigenvalue weighted by atomic mass is 32.1. The van der Waals surface area contributed by atoms with Crippen molar-refractivity contribution in [3.05, 3.63) is 22.4 Å². The Balaban J connectivity index is 2.60. The number of hydrogen-bond donors (Lipinski definition) is 1. The van der Waals surface area contributed by atoms with Gasteiger partial charge in [0, 0.05) is 6.04 Å². The summed E-state index contributed by atoms with van der Waals surface area (Å²) in [5, 5.41) is 7.76. The minimum Gasteiger partial charge on any atom is -0.316 e. The van der Waals surface area contributed by atoms with Crippen molar-refractivity contribution in [2.45, 2.75) is 33.2 Å². The maximum atomic E-state index is 3.38. The molecule has 1 unspecified atom stereocenters. The molecule has 1 aromatic rings. The van der Waals surface area contributed by atoms with Crippen LogP contribution >= 0.6 is 11.3 Å². The first-order chi connectivity index (χ1) is 6.04. The van der Waals surface area contributed by atoms with Crippen LogP contribution in [0.4, 0.5) is 0 Å². The smallest absolute Gasteiger partial charge is 0.0153 e. The van der Waals surface area contributed by atoms with Gasteiger partial charge in [-0.2, -0.15) is 11.3 Å². The van der Waals surface area contributed by atoms with E-state index in [1.165, 1.54) is 5.56 Å². The largest absolute Gasteiger partial charge is 0.316 e. The van der Waals surface area contributed by atoms with Gasteiger partial charge in [-0.15, -0.1) is 0 Å². The second-order valence-corrected chi connectivity index (χ2v) is 5.32. The lowest BCUT2D eigenvalue weighted by Gasteiger charge is -2.30. The van der Waals surface area contributed by atoms with Crippen LogP contribution in [-0.2, 0) is 6.42 Å². The van der Waals surface area contributed by atoms with E-state index in [0.29, 0.717) is 11.5 Å². The number of thiophene rings is 1. The van der Waals surface area contributed by atoms with Crippen molar-refractivity contribution in [3.8, 4) is 0 Å². The van der Waals surface area contributed by atoms with Crippen molar-refractivity contribution in [3.63, 3.8) is 0 Å². The van der Waals surface area contributed by atoms with Gasteiger partial charge in [-0.1, -0.05) is 20.8 Å². The van der Waals surface area contributed by atoms with E-state index in [2.05, 4.69) is 42.9 Å². The van der Waals surface area contributed by atoms with E-state index in [0.717, 1.165) is 6.42 Å². The van der Waals surface area contributed by atoms with Crippen molar-refractivity contribution >= 4 is 11.3 Å². The van der Waals surface area contributed by atoms with Crippen molar-refractivity contribution in [1.82, 2.24) is 5.32 Å². The molecule has 0 aliphatic carbocycles. The van der Waals surface area contributed by atoms with Gasteiger partial charge < -0.3 is 5.32 Å². The topological polar surface area (TPSA) is 12.0 Å². The van der Waals surface area contributed by atoms with Gasteiger partial charge >= 0.3 is 0 Å². The summed E-state index contributed by atoms with van der Waals surface area (Å²) in [5.74, 6) is 0. The molecule has 0 aromatic carbocycles. The van der Waals surface area contributed by atoms with Crippen LogP contribution in [0.25, 0.3) is 0 Å². The number of rotatable bonds is 3. The highest BCUT2D eigenvalue weighted by molar-refractivity contribution is 7.07. The second kappa shape index (κ2) is 4.25. The predicted molar refractivity (Wildman–Crippen MR) is 60.3 cm³/mol. The van der Waals surface area contributed by atoms with Crippen molar-refractivity contribution in [2.24, 2.45) is 5.41 Å². The molecule has 0 spiro atoms. The third-order valence-corrected chi connectivity index (χ3v) is 3.15. The monoisotopic (exact) mass is 197 g/mol. The van der Waals surface area contributed by atoms with Gasteiger partial charge in [0.05, 0.1) is 0 Å². The molecule has 0 saturated heterocycles. The third-order valence-electron chi connectivity index (χ3n) is 2.41. The van der Waals surface area contributed by atoms with Crippen LogP contribution in [-0.4, -0.2) is 13.1 Å². The van der Waals surface area contributed by atoms with Crippen LogP contribution in [0.3, 0.4) is 0 Å². The molecule has 1 rings (SSSR count).